The van der Waals surface area contributed by atoms with Gasteiger partial charge in [0, 0.05) is 6.42 Å². The first-order chi connectivity index (χ1) is 5.11. The minimum atomic E-state index is -0.267. The normalized spacial score (nSPS) is 22.8. The van der Waals surface area contributed by atoms with Gasteiger partial charge in [0.1, 0.15) is 5.78 Å². The van der Waals surface area contributed by atoms with Crippen molar-refractivity contribution in [3.63, 3.8) is 0 Å². The van der Waals surface area contributed by atoms with Crippen molar-refractivity contribution in [3.05, 3.63) is 0 Å². The number of ketones is 1. The third-order valence-electron chi connectivity index (χ3n) is 2.46. The van der Waals surface area contributed by atoms with Gasteiger partial charge in [-0.3, -0.25) is 4.79 Å². The van der Waals surface area contributed by atoms with Crippen LogP contribution in [0.15, 0.2) is 0 Å². The summed E-state index contributed by atoms with van der Waals surface area (Å²) in [6.07, 6.45) is 3.31. The molecule has 0 saturated heterocycles. The highest BCUT2D eigenvalue weighted by atomic mass is 16.1. The fourth-order valence-corrected chi connectivity index (χ4v) is 1.34. The van der Waals surface area contributed by atoms with Gasteiger partial charge in [0.2, 0.25) is 0 Å². The fourth-order valence-electron chi connectivity index (χ4n) is 1.34. The van der Waals surface area contributed by atoms with Crippen LogP contribution in [-0.4, -0.2) is 11.8 Å². The first-order valence-electron chi connectivity index (χ1n) is 4.39. The summed E-state index contributed by atoms with van der Waals surface area (Å²) in [6.45, 7) is 3.92. The second-order valence-corrected chi connectivity index (χ2v) is 3.77. The lowest BCUT2D eigenvalue weighted by atomic mass is 9.97. The Labute approximate surface area is 68.2 Å². The predicted molar refractivity (Wildman–Crippen MR) is 45.2 cm³/mol. The van der Waals surface area contributed by atoms with E-state index < -0.39 is 0 Å². The highest BCUT2D eigenvalue weighted by Crippen LogP contribution is 2.38. The molecule has 1 fully saturated rings. The maximum absolute atomic E-state index is 11.2. The molecule has 1 unspecified atom stereocenters. The molecule has 1 aliphatic carbocycles. The zero-order valence-electron chi connectivity index (χ0n) is 7.34. The molecule has 0 heterocycles. The van der Waals surface area contributed by atoms with Crippen molar-refractivity contribution in [2.45, 2.75) is 39.2 Å². The van der Waals surface area contributed by atoms with Crippen LogP contribution in [0, 0.1) is 11.8 Å². The molecule has 2 nitrogen and oxygen atoms in total. The van der Waals surface area contributed by atoms with Gasteiger partial charge in [-0.15, -0.1) is 0 Å². The van der Waals surface area contributed by atoms with Crippen molar-refractivity contribution in [1.29, 1.82) is 0 Å². The minimum absolute atomic E-state index is 0.212. The third-order valence-corrected chi connectivity index (χ3v) is 2.46. The first kappa shape index (κ1) is 8.72. The number of Topliss-reactive ketones (excluding diaryl/α,β-unsaturated/α-hetero) is 1. The molecular weight excluding hydrogens is 138 g/mol. The van der Waals surface area contributed by atoms with Crippen molar-refractivity contribution < 1.29 is 4.79 Å². The Morgan fingerprint density at radius 1 is 1.55 bits per heavy atom. The average Bonchev–Trinajstić information content (AvgIpc) is 2.67. The number of carbonyl (C=O) groups excluding carboxylic acids is 1. The van der Waals surface area contributed by atoms with Gasteiger partial charge in [-0.25, -0.2) is 0 Å². The van der Waals surface area contributed by atoms with E-state index in [9.17, 15) is 4.79 Å². The van der Waals surface area contributed by atoms with Crippen molar-refractivity contribution in [2.75, 3.05) is 0 Å². The predicted octanol–water partition coefficient (Wildman–Crippen LogP) is 1.34. The van der Waals surface area contributed by atoms with Crippen LogP contribution < -0.4 is 5.73 Å². The van der Waals surface area contributed by atoms with E-state index in [1.807, 2.05) is 0 Å². The van der Waals surface area contributed by atoms with Crippen LogP contribution in [0.3, 0.4) is 0 Å². The van der Waals surface area contributed by atoms with Crippen LogP contribution >= 0.6 is 0 Å². The summed E-state index contributed by atoms with van der Waals surface area (Å²) in [5.41, 5.74) is 5.46. The summed E-state index contributed by atoms with van der Waals surface area (Å²) in [5, 5.41) is 0. The molecule has 0 radical (unpaired) electrons. The Bertz CT molecular complexity index is 150. The lowest BCUT2D eigenvalue weighted by Crippen LogP contribution is -2.28. The highest BCUT2D eigenvalue weighted by Gasteiger charge is 2.29. The van der Waals surface area contributed by atoms with E-state index in [-0.39, 0.29) is 11.8 Å². The topological polar surface area (TPSA) is 43.1 Å². The second-order valence-electron chi connectivity index (χ2n) is 3.77. The Morgan fingerprint density at radius 2 is 2.09 bits per heavy atom. The average molecular weight is 155 g/mol. The molecule has 11 heavy (non-hydrogen) atoms. The molecule has 64 valence electrons. The monoisotopic (exact) mass is 155 g/mol. The Hall–Kier alpha value is -0.370. The van der Waals surface area contributed by atoms with E-state index in [1.165, 1.54) is 12.8 Å². The van der Waals surface area contributed by atoms with Gasteiger partial charge in [-0.1, -0.05) is 6.92 Å². The molecule has 0 aliphatic heterocycles. The SMILES string of the molecule is CC(CC(=O)[C@H](C)N)C1CC1. The molecule has 1 saturated carbocycles. The summed E-state index contributed by atoms with van der Waals surface area (Å²) in [5.74, 6) is 1.59. The van der Waals surface area contributed by atoms with E-state index in [1.54, 1.807) is 6.92 Å². The van der Waals surface area contributed by atoms with E-state index in [4.69, 9.17) is 5.73 Å². The lowest BCUT2D eigenvalue weighted by molar-refractivity contribution is -0.120. The zero-order chi connectivity index (χ0) is 8.43. The molecular formula is C9H17NO. The molecule has 0 spiro atoms. The van der Waals surface area contributed by atoms with E-state index >= 15 is 0 Å². The summed E-state index contributed by atoms with van der Waals surface area (Å²) >= 11 is 0. The van der Waals surface area contributed by atoms with Crippen LogP contribution in [0.2, 0.25) is 0 Å². The van der Waals surface area contributed by atoms with Gasteiger partial charge in [0.15, 0.2) is 0 Å². The molecule has 0 aromatic rings. The van der Waals surface area contributed by atoms with Gasteiger partial charge in [0.05, 0.1) is 6.04 Å². The highest BCUT2D eigenvalue weighted by molar-refractivity contribution is 5.83. The van der Waals surface area contributed by atoms with Crippen molar-refractivity contribution >= 4 is 5.78 Å². The Morgan fingerprint density at radius 3 is 2.45 bits per heavy atom. The summed E-state index contributed by atoms with van der Waals surface area (Å²) < 4.78 is 0. The van der Waals surface area contributed by atoms with E-state index in [0.29, 0.717) is 12.3 Å². The van der Waals surface area contributed by atoms with Crippen LogP contribution in [0.1, 0.15) is 33.1 Å². The molecule has 1 aliphatic rings. The number of hydrogen-bond acceptors (Lipinski definition) is 2. The number of rotatable bonds is 4. The zero-order valence-corrected chi connectivity index (χ0v) is 7.34. The van der Waals surface area contributed by atoms with E-state index in [0.717, 1.165) is 5.92 Å². The van der Waals surface area contributed by atoms with Crippen LogP contribution in [0.25, 0.3) is 0 Å². The fraction of sp³-hybridized carbons (Fsp3) is 0.889. The third kappa shape index (κ3) is 2.62. The summed E-state index contributed by atoms with van der Waals surface area (Å²) in [4.78, 5) is 11.2. The number of carbonyl (C=O) groups is 1. The van der Waals surface area contributed by atoms with Crippen molar-refractivity contribution in [2.24, 2.45) is 17.6 Å². The number of nitrogens with two attached hydrogens (primary N) is 1. The molecule has 2 atom stereocenters. The van der Waals surface area contributed by atoms with Gasteiger partial charge in [-0.05, 0) is 31.6 Å². The van der Waals surface area contributed by atoms with Crippen LogP contribution in [0.4, 0.5) is 0 Å². The molecule has 0 bridgehead atoms. The molecule has 1 rings (SSSR count). The maximum atomic E-state index is 11.2. The lowest BCUT2D eigenvalue weighted by Gasteiger charge is -2.10. The Kier molecular flexibility index (Phi) is 2.66. The van der Waals surface area contributed by atoms with Crippen molar-refractivity contribution in [3.8, 4) is 0 Å². The molecule has 0 aromatic heterocycles. The quantitative estimate of drug-likeness (QED) is 0.665. The van der Waals surface area contributed by atoms with Crippen molar-refractivity contribution in [1.82, 2.24) is 0 Å². The molecule has 2 heteroatoms. The molecule has 0 aromatic carbocycles. The summed E-state index contributed by atoms with van der Waals surface area (Å²) in [7, 11) is 0. The standard InChI is InChI=1S/C9H17NO/c1-6(8-3-4-8)5-9(11)7(2)10/h6-8H,3-5,10H2,1-2H3/t6?,7-/m0/s1. The first-order valence-corrected chi connectivity index (χ1v) is 4.39. The number of hydrogen-bond donors (Lipinski definition) is 1. The van der Waals surface area contributed by atoms with Gasteiger partial charge < -0.3 is 5.73 Å². The molecule has 0 amide bonds. The largest absolute Gasteiger partial charge is 0.322 e. The van der Waals surface area contributed by atoms with Gasteiger partial charge in [0.25, 0.3) is 0 Å². The van der Waals surface area contributed by atoms with E-state index in [2.05, 4.69) is 6.92 Å². The van der Waals surface area contributed by atoms with Crippen LogP contribution in [-0.2, 0) is 4.79 Å². The smallest absolute Gasteiger partial charge is 0.149 e. The van der Waals surface area contributed by atoms with Gasteiger partial charge in [-0.2, -0.15) is 0 Å². The second kappa shape index (κ2) is 3.35. The maximum Gasteiger partial charge on any atom is 0.149 e. The minimum Gasteiger partial charge on any atom is -0.322 e. The summed E-state index contributed by atoms with van der Waals surface area (Å²) in [6, 6.07) is -0.267. The van der Waals surface area contributed by atoms with Crippen LogP contribution in [0.5, 0.6) is 0 Å². The molecule has 2 N–H and O–H groups in total. The van der Waals surface area contributed by atoms with Gasteiger partial charge >= 0.3 is 0 Å². The Balaban J connectivity index is 2.23.